The molecule has 0 saturated carbocycles. The molecular weight excluding hydrogens is 496 g/mol. The van der Waals surface area contributed by atoms with E-state index in [-0.39, 0.29) is 11.3 Å². The van der Waals surface area contributed by atoms with Gasteiger partial charge in [0.2, 0.25) is 0 Å². The van der Waals surface area contributed by atoms with E-state index in [1.165, 1.54) is 6.07 Å². The summed E-state index contributed by atoms with van der Waals surface area (Å²) in [6.07, 6.45) is 1.68. The van der Waals surface area contributed by atoms with Crippen molar-refractivity contribution in [1.82, 2.24) is 8.96 Å². The number of rotatable bonds is 5. The molecule has 1 fully saturated rings. The van der Waals surface area contributed by atoms with Gasteiger partial charge in [0.15, 0.2) is 16.6 Å². The van der Waals surface area contributed by atoms with E-state index in [2.05, 4.69) is 22.0 Å². The number of phenols is 1. The highest BCUT2D eigenvalue weighted by Gasteiger charge is 2.21. The van der Waals surface area contributed by atoms with Crippen LogP contribution in [-0.2, 0) is 15.7 Å². The first-order valence-corrected chi connectivity index (χ1v) is 13.4. The van der Waals surface area contributed by atoms with Crippen molar-refractivity contribution in [2.75, 3.05) is 31.2 Å². The molecule has 2 aromatic heterocycles. The number of hydrogen-bond donors (Lipinski definition) is 1. The zero-order chi connectivity index (χ0) is 26.1. The van der Waals surface area contributed by atoms with Crippen molar-refractivity contribution in [1.29, 1.82) is 5.26 Å². The van der Waals surface area contributed by atoms with Crippen LogP contribution < -0.4 is 4.90 Å². The maximum absolute atomic E-state index is 14.0. The van der Waals surface area contributed by atoms with Crippen molar-refractivity contribution in [3.63, 3.8) is 0 Å². The molecule has 1 N–H and O–H groups in total. The third kappa shape index (κ3) is 4.32. The summed E-state index contributed by atoms with van der Waals surface area (Å²) in [6.45, 7) is 3.13. The number of fused-ring (bicyclic) bond motifs is 1. The average Bonchev–Trinajstić information content (AvgIpc) is 3.38. The van der Waals surface area contributed by atoms with Crippen molar-refractivity contribution in [2.24, 2.45) is 0 Å². The topological polar surface area (TPSA) is 91.4 Å². The number of nitriles is 1. The SMILES string of the molecule is N#Cc1cc(-c2ccnc3c2cc(-c2ccc(N4CCOCC4)cc2)n3S(=O)c2ccccc2)ccc1O. The predicted molar refractivity (Wildman–Crippen MR) is 148 cm³/mol. The number of pyridine rings is 1. The summed E-state index contributed by atoms with van der Waals surface area (Å²) < 4.78 is 21.2. The minimum Gasteiger partial charge on any atom is -0.507 e. The highest BCUT2D eigenvalue weighted by molar-refractivity contribution is 7.83. The van der Waals surface area contributed by atoms with Crippen molar-refractivity contribution in [2.45, 2.75) is 4.90 Å². The number of aromatic nitrogens is 2. The highest BCUT2D eigenvalue weighted by Crippen LogP contribution is 2.37. The largest absolute Gasteiger partial charge is 0.507 e. The molecule has 1 aliphatic rings. The number of phenolic OH excluding ortho intramolecular Hbond substituents is 1. The van der Waals surface area contributed by atoms with Crippen LogP contribution in [0.4, 0.5) is 5.69 Å². The molecule has 1 saturated heterocycles. The van der Waals surface area contributed by atoms with Gasteiger partial charge in [-0.05, 0) is 65.2 Å². The summed E-state index contributed by atoms with van der Waals surface area (Å²) in [7, 11) is -1.55. The summed E-state index contributed by atoms with van der Waals surface area (Å²) in [5.74, 6) is -0.0645. The first-order chi connectivity index (χ1) is 18.6. The Morgan fingerprint density at radius 1 is 0.921 bits per heavy atom. The predicted octanol–water partition coefficient (Wildman–Crippen LogP) is 5.36. The standard InChI is InChI=1S/C30H24N4O3S/c31-20-23-18-22(8-11-29(23)35)26-12-13-32-30-27(26)19-28(34(30)38(36)25-4-2-1-3-5-25)21-6-9-24(10-7-21)33-14-16-37-17-15-33/h1-13,18-19,35H,14-17H2. The molecule has 7 nitrogen and oxygen atoms in total. The smallest absolute Gasteiger partial charge is 0.158 e. The van der Waals surface area contributed by atoms with Gasteiger partial charge in [0.05, 0.1) is 29.4 Å². The Morgan fingerprint density at radius 2 is 1.66 bits per heavy atom. The van der Waals surface area contributed by atoms with E-state index < -0.39 is 11.0 Å². The van der Waals surface area contributed by atoms with E-state index in [4.69, 9.17) is 4.74 Å². The Balaban J connectivity index is 1.53. The minimum absolute atomic E-state index is 0.0645. The molecule has 8 heteroatoms. The molecular formula is C30H24N4O3S. The third-order valence-electron chi connectivity index (χ3n) is 6.74. The van der Waals surface area contributed by atoms with Gasteiger partial charge >= 0.3 is 0 Å². The monoisotopic (exact) mass is 520 g/mol. The zero-order valence-electron chi connectivity index (χ0n) is 20.4. The molecule has 0 aliphatic carbocycles. The van der Waals surface area contributed by atoms with Gasteiger partial charge in [-0.3, -0.25) is 0 Å². The van der Waals surface area contributed by atoms with Gasteiger partial charge in [-0.1, -0.05) is 36.4 Å². The molecule has 38 heavy (non-hydrogen) atoms. The van der Waals surface area contributed by atoms with Crippen LogP contribution in [-0.4, -0.2) is 44.6 Å². The Kier molecular flexibility index (Phi) is 6.38. The maximum atomic E-state index is 14.0. The van der Waals surface area contributed by atoms with Crippen molar-refractivity contribution in [3.05, 3.63) is 96.7 Å². The normalized spacial score (nSPS) is 14.3. The molecule has 6 rings (SSSR count). The second-order valence-electron chi connectivity index (χ2n) is 8.97. The first kappa shape index (κ1) is 23.9. The Morgan fingerprint density at radius 3 is 2.39 bits per heavy atom. The quantitative estimate of drug-likeness (QED) is 0.336. The number of nitrogens with zero attached hydrogens (tertiary/aromatic N) is 4. The van der Waals surface area contributed by atoms with E-state index in [1.54, 1.807) is 22.3 Å². The lowest BCUT2D eigenvalue weighted by atomic mass is 10.0. The number of benzene rings is 3. The fraction of sp³-hybridized carbons (Fsp3) is 0.133. The minimum atomic E-state index is -1.55. The van der Waals surface area contributed by atoms with E-state index in [0.29, 0.717) is 23.8 Å². The molecule has 0 radical (unpaired) electrons. The van der Waals surface area contributed by atoms with Crippen LogP contribution in [0, 0.1) is 11.3 Å². The van der Waals surface area contributed by atoms with Crippen LogP contribution >= 0.6 is 0 Å². The average molecular weight is 521 g/mol. The first-order valence-electron chi connectivity index (χ1n) is 12.3. The van der Waals surface area contributed by atoms with Gasteiger partial charge in [-0.2, -0.15) is 5.26 Å². The zero-order valence-corrected chi connectivity index (χ0v) is 21.3. The van der Waals surface area contributed by atoms with Gasteiger partial charge in [-0.25, -0.2) is 13.2 Å². The summed E-state index contributed by atoms with van der Waals surface area (Å²) in [5.41, 5.74) is 5.18. The number of anilines is 1. The third-order valence-corrected chi connectivity index (χ3v) is 8.12. The molecule has 1 atom stereocenters. The van der Waals surface area contributed by atoms with Crippen molar-refractivity contribution in [3.8, 4) is 34.2 Å². The molecule has 3 heterocycles. The highest BCUT2D eigenvalue weighted by atomic mass is 32.2. The molecule has 0 bridgehead atoms. The van der Waals surface area contributed by atoms with Crippen LogP contribution in [0.1, 0.15) is 5.56 Å². The maximum Gasteiger partial charge on any atom is 0.158 e. The van der Waals surface area contributed by atoms with E-state index in [1.807, 2.05) is 60.7 Å². The molecule has 3 aromatic carbocycles. The van der Waals surface area contributed by atoms with Gasteiger partial charge in [-0.15, -0.1) is 0 Å². The van der Waals surface area contributed by atoms with Gasteiger partial charge in [0.25, 0.3) is 0 Å². The van der Waals surface area contributed by atoms with Crippen molar-refractivity contribution >= 4 is 27.7 Å². The number of morpholine rings is 1. The van der Waals surface area contributed by atoms with E-state index in [9.17, 15) is 14.6 Å². The number of ether oxygens (including phenoxy) is 1. The van der Waals surface area contributed by atoms with Crippen LogP contribution in [0.5, 0.6) is 5.75 Å². The lowest BCUT2D eigenvalue weighted by Gasteiger charge is -2.28. The lowest BCUT2D eigenvalue weighted by Crippen LogP contribution is -2.36. The molecule has 188 valence electrons. The lowest BCUT2D eigenvalue weighted by molar-refractivity contribution is 0.122. The fourth-order valence-corrected chi connectivity index (χ4v) is 6.04. The number of hydrogen-bond acceptors (Lipinski definition) is 6. The Bertz CT molecular complexity index is 1690. The van der Waals surface area contributed by atoms with Gasteiger partial charge in [0, 0.05) is 30.4 Å². The number of aromatic hydroxyl groups is 1. The van der Waals surface area contributed by atoms with E-state index >= 15 is 0 Å². The fourth-order valence-electron chi connectivity index (χ4n) is 4.80. The van der Waals surface area contributed by atoms with Crippen LogP contribution in [0.25, 0.3) is 33.4 Å². The van der Waals surface area contributed by atoms with Gasteiger partial charge < -0.3 is 14.7 Å². The van der Waals surface area contributed by atoms with E-state index in [0.717, 1.165) is 46.5 Å². The summed E-state index contributed by atoms with van der Waals surface area (Å²) in [5, 5.41) is 20.3. The summed E-state index contributed by atoms with van der Waals surface area (Å²) in [4.78, 5) is 7.60. The van der Waals surface area contributed by atoms with Crippen molar-refractivity contribution < 1.29 is 14.1 Å². The summed E-state index contributed by atoms with van der Waals surface area (Å²) in [6, 6.07) is 28.4. The molecule has 0 spiro atoms. The Labute approximate surface area is 222 Å². The molecule has 1 unspecified atom stereocenters. The summed E-state index contributed by atoms with van der Waals surface area (Å²) >= 11 is 0. The van der Waals surface area contributed by atoms with Gasteiger partial charge in [0.1, 0.15) is 11.8 Å². The molecule has 0 amide bonds. The Hall–Kier alpha value is -4.45. The molecule has 1 aliphatic heterocycles. The second-order valence-corrected chi connectivity index (χ2v) is 10.3. The molecule has 5 aromatic rings. The second kappa shape index (κ2) is 10.1. The van der Waals surface area contributed by atoms with Crippen LogP contribution in [0.2, 0.25) is 0 Å². The van der Waals surface area contributed by atoms with Crippen LogP contribution in [0.3, 0.4) is 0 Å². The van der Waals surface area contributed by atoms with Crippen LogP contribution in [0.15, 0.2) is 96.0 Å².